The molecule has 0 saturated carbocycles. The maximum Gasteiger partial charge on any atom is 0.130 e. The molecule has 1 atom stereocenters. The van der Waals surface area contributed by atoms with E-state index in [0.29, 0.717) is 12.7 Å². The van der Waals surface area contributed by atoms with Crippen molar-refractivity contribution >= 4 is 10.8 Å². The number of benzene rings is 2. The van der Waals surface area contributed by atoms with Crippen LogP contribution in [0.3, 0.4) is 0 Å². The van der Waals surface area contributed by atoms with Crippen LogP contribution in [0.5, 0.6) is 5.75 Å². The summed E-state index contributed by atoms with van der Waals surface area (Å²) in [5.41, 5.74) is 1.18. The first kappa shape index (κ1) is 9.67. The summed E-state index contributed by atoms with van der Waals surface area (Å²) in [6, 6.07) is 12.5. The van der Waals surface area contributed by atoms with Crippen molar-refractivity contribution in [1.82, 2.24) is 0 Å². The summed E-state index contributed by atoms with van der Waals surface area (Å²) >= 11 is 0. The molecule has 0 aliphatic carbocycles. The second-order valence-electron chi connectivity index (χ2n) is 4.20. The van der Waals surface area contributed by atoms with Gasteiger partial charge in [0, 0.05) is 5.39 Å². The minimum Gasteiger partial charge on any atom is -0.490 e. The molecule has 0 spiro atoms. The summed E-state index contributed by atoms with van der Waals surface area (Å²) in [6.07, 6.45) is 0.304. The van der Waals surface area contributed by atoms with Crippen LogP contribution in [-0.2, 0) is 4.74 Å². The fourth-order valence-corrected chi connectivity index (χ4v) is 1.88. The number of aryl methyl sites for hydroxylation is 1. The lowest BCUT2D eigenvalue weighted by molar-refractivity contribution is 0.264. The predicted molar refractivity (Wildman–Crippen MR) is 63.9 cm³/mol. The van der Waals surface area contributed by atoms with Crippen LogP contribution in [0.4, 0.5) is 0 Å². The molecular formula is C14H14O2. The zero-order valence-electron chi connectivity index (χ0n) is 9.27. The highest BCUT2D eigenvalue weighted by Crippen LogP contribution is 2.29. The Labute approximate surface area is 94.8 Å². The Morgan fingerprint density at radius 1 is 1.25 bits per heavy atom. The molecule has 2 aromatic carbocycles. The second kappa shape index (κ2) is 3.80. The van der Waals surface area contributed by atoms with E-state index in [9.17, 15) is 0 Å². The quantitative estimate of drug-likeness (QED) is 0.733. The van der Waals surface area contributed by atoms with E-state index in [1.807, 2.05) is 12.1 Å². The first-order valence-corrected chi connectivity index (χ1v) is 5.57. The predicted octanol–water partition coefficient (Wildman–Crippen LogP) is 2.93. The van der Waals surface area contributed by atoms with Crippen molar-refractivity contribution < 1.29 is 9.47 Å². The molecule has 2 heteroatoms. The molecule has 1 unspecified atom stereocenters. The zero-order valence-corrected chi connectivity index (χ0v) is 9.27. The summed E-state index contributed by atoms with van der Waals surface area (Å²) in [5, 5.41) is 2.41. The number of hydrogen-bond donors (Lipinski definition) is 0. The van der Waals surface area contributed by atoms with Crippen LogP contribution < -0.4 is 4.74 Å². The monoisotopic (exact) mass is 214 g/mol. The lowest BCUT2D eigenvalue weighted by Gasteiger charge is -2.11. The molecule has 1 aliphatic heterocycles. The maximum absolute atomic E-state index is 5.85. The average Bonchev–Trinajstić information content (AvgIpc) is 3.12. The van der Waals surface area contributed by atoms with Gasteiger partial charge in [0.05, 0.1) is 6.61 Å². The van der Waals surface area contributed by atoms with Gasteiger partial charge in [0.25, 0.3) is 0 Å². The van der Waals surface area contributed by atoms with Gasteiger partial charge in [-0.3, -0.25) is 0 Å². The third kappa shape index (κ3) is 1.76. The average molecular weight is 214 g/mol. The Morgan fingerprint density at radius 2 is 2.06 bits per heavy atom. The van der Waals surface area contributed by atoms with Crippen LogP contribution in [0.15, 0.2) is 36.4 Å². The third-order valence-electron chi connectivity index (χ3n) is 2.89. The van der Waals surface area contributed by atoms with Crippen molar-refractivity contribution in [3.05, 3.63) is 42.0 Å². The number of fused-ring (bicyclic) bond motifs is 1. The van der Waals surface area contributed by atoms with E-state index in [2.05, 4.69) is 31.2 Å². The highest BCUT2D eigenvalue weighted by molar-refractivity contribution is 5.89. The lowest BCUT2D eigenvalue weighted by Crippen LogP contribution is -2.05. The van der Waals surface area contributed by atoms with Crippen molar-refractivity contribution in [1.29, 1.82) is 0 Å². The molecule has 0 aromatic heterocycles. The van der Waals surface area contributed by atoms with Crippen molar-refractivity contribution in [2.75, 3.05) is 13.2 Å². The lowest BCUT2D eigenvalue weighted by atomic mass is 10.1. The summed E-state index contributed by atoms with van der Waals surface area (Å²) < 4.78 is 11.0. The molecule has 1 fully saturated rings. The fourth-order valence-electron chi connectivity index (χ4n) is 1.88. The van der Waals surface area contributed by atoms with Crippen molar-refractivity contribution in [2.45, 2.75) is 13.0 Å². The van der Waals surface area contributed by atoms with Crippen LogP contribution >= 0.6 is 0 Å². The largest absolute Gasteiger partial charge is 0.490 e. The molecule has 0 N–H and O–H groups in total. The Balaban J connectivity index is 2.01. The van der Waals surface area contributed by atoms with E-state index in [1.54, 1.807) is 0 Å². The van der Waals surface area contributed by atoms with E-state index >= 15 is 0 Å². The van der Waals surface area contributed by atoms with Gasteiger partial charge in [-0.05, 0) is 17.9 Å². The van der Waals surface area contributed by atoms with E-state index in [0.717, 1.165) is 12.4 Å². The van der Waals surface area contributed by atoms with Crippen molar-refractivity contribution in [3.8, 4) is 5.75 Å². The number of hydrogen-bond acceptors (Lipinski definition) is 2. The molecule has 3 rings (SSSR count). The van der Waals surface area contributed by atoms with Crippen LogP contribution in [0.25, 0.3) is 10.8 Å². The Morgan fingerprint density at radius 3 is 2.88 bits per heavy atom. The van der Waals surface area contributed by atoms with Gasteiger partial charge in [0.2, 0.25) is 0 Å². The topological polar surface area (TPSA) is 21.8 Å². The van der Waals surface area contributed by atoms with Gasteiger partial charge in [-0.1, -0.05) is 36.4 Å². The summed E-state index contributed by atoms with van der Waals surface area (Å²) in [6.45, 7) is 3.58. The molecular weight excluding hydrogens is 200 g/mol. The van der Waals surface area contributed by atoms with Crippen LogP contribution in [0.1, 0.15) is 5.56 Å². The van der Waals surface area contributed by atoms with Gasteiger partial charge < -0.3 is 9.47 Å². The van der Waals surface area contributed by atoms with E-state index < -0.39 is 0 Å². The first-order chi connectivity index (χ1) is 7.84. The second-order valence-corrected chi connectivity index (χ2v) is 4.20. The Kier molecular flexibility index (Phi) is 2.29. The van der Waals surface area contributed by atoms with E-state index in [1.165, 1.54) is 16.3 Å². The first-order valence-electron chi connectivity index (χ1n) is 5.57. The van der Waals surface area contributed by atoms with Gasteiger partial charge >= 0.3 is 0 Å². The van der Waals surface area contributed by atoms with Gasteiger partial charge in [-0.25, -0.2) is 0 Å². The molecule has 16 heavy (non-hydrogen) atoms. The van der Waals surface area contributed by atoms with E-state index in [4.69, 9.17) is 9.47 Å². The highest BCUT2D eigenvalue weighted by Gasteiger charge is 2.23. The van der Waals surface area contributed by atoms with E-state index in [-0.39, 0.29) is 0 Å². The molecule has 1 heterocycles. The molecule has 0 amide bonds. The third-order valence-corrected chi connectivity index (χ3v) is 2.89. The van der Waals surface area contributed by atoms with Gasteiger partial charge in [0.15, 0.2) is 0 Å². The SMILES string of the molecule is Cc1ccc2ccccc2c1OCC1CO1. The highest BCUT2D eigenvalue weighted by atomic mass is 16.6. The zero-order chi connectivity index (χ0) is 11.0. The molecule has 1 saturated heterocycles. The normalized spacial score (nSPS) is 18.7. The Bertz CT molecular complexity index is 515. The standard InChI is InChI=1S/C14H14O2/c1-10-6-7-11-4-2-3-5-13(11)14(10)16-9-12-8-15-12/h2-7,12H,8-9H2,1H3. The Hall–Kier alpha value is -1.54. The van der Waals surface area contributed by atoms with Gasteiger partial charge in [-0.15, -0.1) is 0 Å². The minimum atomic E-state index is 0.304. The summed E-state index contributed by atoms with van der Waals surface area (Å²) in [7, 11) is 0. The minimum absolute atomic E-state index is 0.304. The van der Waals surface area contributed by atoms with Crippen molar-refractivity contribution in [2.24, 2.45) is 0 Å². The summed E-state index contributed by atoms with van der Waals surface area (Å²) in [4.78, 5) is 0. The molecule has 2 nitrogen and oxygen atoms in total. The van der Waals surface area contributed by atoms with Crippen LogP contribution in [-0.4, -0.2) is 19.3 Å². The van der Waals surface area contributed by atoms with Gasteiger partial charge in [0.1, 0.15) is 18.5 Å². The summed E-state index contributed by atoms with van der Waals surface area (Å²) in [5.74, 6) is 0.994. The molecule has 82 valence electrons. The maximum atomic E-state index is 5.85. The molecule has 2 aromatic rings. The van der Waals surface area contributed by atoms with Crippen LogP contribution in [0.2, 0.25) is 0 Å². The molecule has 0 radical (unpaired) electrons. The number of epoxide rings is 1. The van der Waals surface area contributed by atoms with Crippen molar-refractivity contribution in [3.63, 3.8) is 0 Å². The van der Waals surface area contributed by atoms with Gasteiger partial charge in [-0.2, -0.15) is 0 Å². The fraction of sp³-hybridized carbons (Fsp3) is 0.286. The molecule has 1 aliphatic rings. The smallest absolute Gasteiger partial charge is 0.130 e. The molecule has 0 bridgehead atoms. The van der Waals surface area contributed by atoms with Crippen LogP contribution in [0, 0.1) is 6.92 Å². The number of ether oxygens (including phenoxy) is 2. The number of rotatable bonds is 3.